The number of phenols is 1. The molecule has 0 atom stereocenters. The van der Waals surface area contributed by atoms with Crippen molar-refractivity contribution >= 4 is 43.1 Å². The molecular weight excluding hydrogens is 352 g/mol. The molecule has 0 aliphatic carbocycles. The van der Waals surface area contributed by atoms with Crippen LogP contribution in [0.4, 0.5) is 0 Å². The van der Waals surface area contributed by atoms with Gasteiger partial charge in [-0.1, -0.05) is 84.6 Å². The largest absolute Gasteiger partial charge is 0.507 e. The second-order valence-corrected chi connectivity index (χ2v) is 7.37. The van der Waals surface area contributed by atoms with Gasteiger partial charge in [-0.25, -0.2) is 0 Å². The van der Waals surface area contributed by atoms with Crippen molar-refractivity contribution in [3.63, 3.8) is 0 Å². The Morgan fingerprint density at radius 3 is 1.83 bits per heavy atom. The smallest absolute Gasteiger partial charge is 0.131 e. The molecule has 0 saturated heterocycles. The Balaban J connectivity index is 1.81. The number of fused-ring (bicyclic) bond motifs is 2. The van der Waals surface area contributed by atoms with Crippen molar-refractivity contribution in [2.24, 2.45) is 0 Å². The maximum atomic E-state index is 10.1. The molecule has 6 rings (SSSR count). The quantitative estimate of drug-likeness (QED) is 0.177. The maximum absolute atomic E-state index is 10.1. The van der Waals surface area contributed by atoms with Crippen LogP contribution in [-0.2, 0) is 0 Å². The van der Waals surface area contributed by atoms with E-state index < -0.39 is 0 Å². The summed E-state index contributed by atoms with van der Waals surface area (Å²) in [6.45, 7) is 0. The van der Waals surface area contributed by atoms with Crippen LogP contribution in [0.3, 0.4) is 0 Å². The summed E-state index contributed by atoms with van der Waals surface area (Å²) >= 11 is 0. The predicted molar refractivity (Wildman–Crippen MR) is 122 cm³/mol. The molecule has 0 fully saturated rings. The van der Waals surface area contributed by atoms with E-state index in [1.54, 1.807) is 6.07 Å². The normalized spacial score (nSPS) is 11.3. The Morgan fingerprint density at radius 1 is 0.448 bits per heavy atom. The molecule has 0 aliphatic heterocycles. The molecule has 0 aromatic heterocycles. The van der Waals surface area contributed by atoms with E-state index in [9.17, 15) is 5.11 Å². The Kier molecular flexibility index (Phi) is 3.30. The van der Waals surface area contributed by atoms with Crippen molar-refractivity contribution in [2.75, 3.05) is 0 Å². The lowest BCUT2D eigenvalue weighted by molar-refractivity contribution is 0.473. The average Bonchev–Trinajstić information content (AvgIpc) is 2.77. The Labute approximate surface area is 168 Å². The fraction of sp³-hybridized carbons (Fsp3) is 0. The van der Waals surface area contributed by atoms with E-state index >= 15 is 0 Å². The first-order valence-corrected chi connectivity index (χ1v) is 9.69. The number of aromatic hydroxyl groups is 1. The summed E-state index contributed by atoms with van der Waals surface area (Å²) in [6, 6.07) is 31.0. The lowest BCUT2D eigenvalue weighted by Crippen LogP contribution is -1.89. The summed E-state index contributed by atoms with van der Waals surface area (Å²) in [5.74, 6) is 6.72. The van der Waals surface area contributed by atoms with Crippen molar-refractivity contribution in [1.29, 1.82) is 0 Å². The third kappa shape index (κ3) is 2.30. The van der Waals surface area contributed by atoms with Crippen LogP contribution in [0.2, 0.25) is 0 Å². The highest BCUT2D eigenvalue weighted by molar-refractivity contribution is 6.33. The summed E-state index contributed by atoms with van der Waals surface area (Å²) in [6.07, 6.45) is 0. The van der Waals surface area contributed by atoms with Crippen LogP contribution in [0.15, 0.2) is 91.0 Å². The van der Waals surface area contributed by atoms with E-state index in [0.29, 0.717) is 5.56 Å². The van der Waals surface area contributed by atoms with E-state index in [-0.39, 0.29) is 5.75 Å². The average molecular weight is 368 g/mol. The first-order valence-electron chi connectivity index (χ1n) is 9.69. The minimum absolute atomic E-state index is 0.211. The third-order valence-corrected chi connectivity index (χ3v) is 5.75. The van der Waals surface area contributed by atoms with Gasteiger partial charge in [-0.05, 0) is 55.9 Å². The number of hydrogen-bond donors (Lipinski definition) is 1. The van der Waals surface area contributed by atoms with Crippen molar-refractivity contribution in [1.82, 2.24) is 0 Å². The zero-order chi connectivity index (χ0) is 19.4. The molecule has 1 nitrogen and oxygen atoms in total. The van der Waals surface area contributed by atoms with Gasteiger partial charge in [0.2, 0.25) is 0 Å². The molecule has 0 amide bonds. The second kappa shape index (κ2) is 5.99. The molecule has 6 aromatic carbocycles. The highest BCUT2D eigenvalue weighted by Crippen LogP contribution is 2.41. The van der Waals surface area contributed by atoms with Crippen molar-refractivity contribution in [2.45, 2.75) is 0 Å². The Hall–Kier alpha value is -4.02. The van der Waals surface area contributed by atoms with Gasteiger partial charge in [0.15, 0.2) is 0 Å². The second-order valence-electron chi connectivity index (χ2n) is 7.37. The summed E-state index contributed by atoms with van der Waals surface area (Å²) in [5, 5.41) is 20.0. The van der Waals surface area contributed by atoms with E-state index in [2.05, 4.69) is 78.6 Å². The van der Waals surface area contributed by atoms with Gasteiger partial charge in [-0.15, -0.1) is 0 Å². The number of hydrogen-bond acceptors (Lipinski definition) is 1. The number of phenolic OH excluding ortho intramolecular Hbond substituents is 1. The molecule has 0 unspecified atom stereocenters. The SMILES string of the molecule is Oc1ccccc1C#Cc1ccc2cccc3c4cccc5cccc(c1c23)c54. The predicted octanol–water partition coefficient (Wildman–Crippen LogP) is 6.84. The summed E-state index contributed by atoms with van der Waals surface area (Å²) in [7, 11) is 0. The molecule has 0 heterocycles. The minimum atomic E-state index is 0.211. The van der Waals surface area contributed by atoms with Gasteiger partial charge in [0.25, 0.3) is 0 Å². The van der Waals surface area contributed by atoms with Gasteiger partial charge < -0.3 is 5.11 Å². The monoisotopic (exact) mass is 368 g/mol. The van der Waals surface area contributed by atoms with Gasteiger partial charge in [0.1, 0.15) is 5.75 Å². The lowest BCUT2D eigenvalue weighted by atomic mass is 9.88. The van der Waals surface area contributed by atoms with Crippen LogP contribution in [0.1, 0.15) is 11.1 Å². The Morgan fingerprint density at radius 2 is 1.07 bits per heavy atom. The number of rotatable bonds is 0. The zero-order valence-corrected chi connectivity index (χ0v) is 15.6. The highest BCUT2D eigenvalue weighted by Gasteiger charge is 2.14. The molecular formula is C28H16O. The topological polar surface area (TPSA) is 20.2 Å². The van der Waals surface area contributed by atoms with Crippen LogP contribution >= 0.6 is 0 Å². The van der Waals surface area contributed by atoms with Crippen LogP contribution < -0.4 is 0 Å². The summed E-state index contributed by atoms with van der Waals surface area (Å²) < 4.78 is 0. The summed E-state index contributed by atoms with van der Waals surface area (Å²) in [5.41, 5.74) is 1.62. The molecule has 134 valence electrons. The van der Waals surface area contributed by atoms with Crippen LogP contribution in [0.5, 0.6) is 5.75 Å². The molecule has 0 saturated carbocycles. The van der Waals surface area contributed by atoms with E-state index in [4.69, 9.17) is 0 Å². The molecule has 29 heavy (non-hydrogen) atoms. The Bertz CT molecular complexity index is 1610. The molecule has 0 spiro atoms. The lowest BCUT2D eigenvalue weighted by Gasteiger charge is -2.15. The zero-order valence-electron chi connectivity index (χ0n) is 15.6. The molecule has 0 aliphatic rings. The van der Waals surface area contributed by atoms with Crippen molar-refractivity contribution in [3.05, 3.63) is 102 Å². The molecule has 0 bridgehead atoms. The fourth-order valence-corrected chi connectivity index (χ4v) is 4.48. The molecule has 6 aromatic rings. The van der Waals surface area contributed by atoms with E-state index in [1.807, 2.05) is 18.2 Å². The fourth-order valence-electron chi connectivity index (χ4n) is 4.48. The standard InChI is InChI=1S/C28H16O/c29-25-13-2-1-6-18(25)14-15-21-17-16-20-9-4-11-23-22-10-3-7-19-8-5-12-24(26(19)22)28(21)27(20)23/h1-13,16-17,29H. The van der Waals surface area contributed by atoms with Gasteiger partial charge in [0, 0.05) is 10.9 Å². The minimum Gasteiger partial charge on any atom is -0.507 e. The van der Waals surface area contributed by atoms with Gasteiger partial charge >= 0.3 is 0 Å². The van der Waals surface area contributed by atoms with Gasteiger partial charge in [-0.3, -0.25) is 0 Å². The van der Waals surface area contributed by atoms with Crippen LogP contribution in [0.25, 0.3) is 43.1 Å². The molecule has 1 heteroatoms. The molecule has 1 N–H and O–H groups in total. The van der Waals surface area contributed by atoms with Crippen molar-refractivity contribution in [3.8, 4) is 17.6 Å². The van der Waals surface area contributed by atoms with Crippen LogP contribution in [0, 0.1) is 11.8 Å². The highest BCUT2D eigenvalue weighted by atomic mass is 16.3. The summed E-state index contributed by atoms with van der Waals surface area (Å²) in [4.78, 5) is 0. The number of para-hydroxylation sites is 1. The van der Waals surface area contributed by atoms with E-state index in [0.717, 1.165) is 5.56 Å². The van der Waals surface area contributed by atoms with Gasteiger partial charge in [0.05, 0.1) is 5.56 Å². The first kappa shape index (κ1) is 16.0. The maximum Gasteiger partial charge on any atom is 0.131 e. The van der Waals surface area contributed by atoms with Crippen molar-refractivity contribution < 1.29 is 5.11 Å². The third-order valence-electron chi connectivity index (χ3n) is 5.75. The van der Waals surface area contributed by atoms with E-state index in [1.165, 1.54) is 43.1 Å². The molecule has 0 radical (unpaired) electrons. The first-order chi connectivity index (χ1) is 14.3. The number of benzene rings is 6. The van der Waals surface area contributed by atoms with Crippen LogP contribution in [-0.4, -0.2) is 5.11 Å². The van der Waals surface area contributed by atoms with Gasteiger partial charge in [-0.2, -0.15) is 0 Å².